The van der Waals surface area contributed by atoms with E-state index >= 15 is 0 Å². The zero-order valence-corrected chi connectivity index (χ0v) is 16.4. The summed E-state index contributed by atoms with van der Waals surface area (Å²) in [6, 6.07) is 17.5. The Labute approximate surface area is 156 Å². The molecule has 0 aromatic heterocycles. The van der Waals surface area contributed by atoms with Gasteiger partial charge in [0.15, 0.2) is 5.71 Å². The van der Waals surface area contributed by atoms with Gasteiger partial charge in [0.25, 0.3) is 0 Å². The Morgan fingerprint density at radius 3 is 2.23 bits per heavy atom. The average Bonchev–Trinajstić information content (AvgIpc) is 3.18. The van der Waals surface area contributed by atoms with Crippen LogP contribution in [0.3, 0.4) is 0 Å². The Hall–Kier alpha value is -2.61. The number of fused-ring (bicyclic) bond motifs is 2. The summed E-state index contributed by atoms with van der Waals surface area (Å²) < 4.78 is 2.36. The van der Waals surface area contributed by atoms with E-state index in [4.69, 9.17) is 0 Å². The Kier molecular flexibility index (Phi) is 4.07. The van der Waals surface area contributed by atoms with Crippen LogP contribution in [0, 0.1) is 0 Å². The van der Waals surface area contributed by atoms with Crippen LogP contribution < -0.4 is 4.90 Å². The molecule has 0 bridgehead atoms. The Bertz CT molecular complexity index is 989. The summed E-state index contributed by atoms with van der Waals surface area (Å²) in [4.78, 5) is 2.36. The lowest BCUT2D eigenvalue weighted by Gasteiger charge is -2.19. The number of anilines is 1. The maximum Gasteiger partial charge on any atom is 0.208 e. The molecule has 0 saturated heterocycles. The summed E-state index contributed by atoms with van der Waals surface area (Å²) in [7, 11) is 4.38. The maximum atomic E-state index is 2.36. The van der Waals surface area contributed by atoms with Crippen molar-refractivity contribution < 1.29 is 4.58 Å². The van der Waals surface area contributed by atoms with Crippen LogP contribution in [0.5, 0.6) is 0 Å². The summed E-state index contributed by atoms with van der Waals surface area (Å²) in [5, 5.41) is 0. The van der Waals surface area contributed by atoms with E-state index in [1.54, 1.807) is 0 Å². The highest BCUT2D eigenvalue weighted by Gasteiger charge is 2.29. The van der Waals surface area contributed by atoms with Crippen LogP contribution in [0.25, 0.3) is 0 Å². The van der Waals surface area contributed by atoms with Crippen molar-refractivity contribution in [3.05, 3.63) is 82.1 Å². The zero-order chi connectivity index (χ0) is 18.4. The van der Waals surface area contributed by atoms with E-state index in [0.717, 1.165) is 12.8 Å². The number of para-hydroxylation sites is 2. The lowest BCUT2D eigenvalue weighted by Crippen LogP contribution is -2.16. The highest BCUT2D eigenvalue weighted by molar-refractivity contribution is 6.01. The molecule has 2 aliphatic heterocycles. The smallest absolute Gasteiger partial charge is 0.208 e. The molecule has 132 valence electrons. The predicted molar refractivity (Wildman–Crippen MR) is 111 cm³/mol. The molecule has 0 saturated carbocycles. The van der Waals surface area contributed by atoms with Crippen molar-refractivity contribution in [1.29, 1.82) is 0 Å². The molecular formula is C24H27N2+. The van der Waals surface area contributed by atoms with Crippen LogP contribution >= 0.6 is 0 Å². The van der Waals surface area contributed by atoms with Gasteiger partial charge in [0.2, 0.25) is 5.69 Å². The quantitative estimate of drug-likeness (QED) is 0.674. The molecule has 0 atom stereocenters. The van der Waals surface area contributed by atoms with Gasteiger partial charge in [0.05, 0.1) is 6.42 Å². The number of nitrogens with zero attached hydrogens (tertiary/aromatic N) is 2. The molecule has 0 aliphatic carbocycles. The second-order valence-corrected chi connectivity index (χ2v) is 7.50. The van der Waals surface area contributed by atoms with Gasteiger partial charge in [-0.25, -0.2) is 0 Å². The van der Waals surface area contributed by atoms with Gasteiger partial charge in [-0.05, 0) is 43.5 Å². The van der Waals surface area contributed by atoms with Crippen molar-refractivity contribution in [2.75, 3.05) is 19.0 Å². The van der Waals surface area contributed by atoms with Gasteiger partial charge in [-0.1, -0.05) is 36.4 Å². The summed E-state index contributed by atoms with van der Waals surface area (Å²) in [6.07, 6.45) is 2.04. The third kappa shape index (κ3) is 2.52. The first kappa shape index (κ1) is 16.8. The normalized spacial score (nSPS) is 18.7. The second-order valence-electron chi connectivity index (χ2n) is 7.50. The molecule has 0 unspecified atom stereocenters. The molecule has 0 spiro atoms. The molecule has 0 N–H and O–H groups in total. The minimum Gasteiger partial charge on any atom is -0.347 e. The van der Waals surface area contributed by atoms with Gasteiger partial charge in [0, 0.05) is 42.1 Å². The number of hydrogen-bond acceptors (Lipinski definition) is 1. The van der Waals surface area contributed by atoms with E-state index in [0.29, 0.717) is 0 Å². The molecule has 2 aliphatic rings. The van der Waals surface area contributed by atoms with Crippen LogP contribution in [-0.4, -0.2) is 24.4 Å². The van der Waals surface area contributed by atoms with Gasteiger partial charge >= 0.3 is 0 Å². The number of hydrogen-bond donors (Lipinski definition) is 0. The average molecular weight is 343 g/mol. The Morgan fingerprint density at radius 1 is 0.885 bits per heavy atom. The van der Waals surface area contributed by atoms with Crippen molar-refractivity contribution in [3.8, 4) is 0 Å². The van der Waals surface area contributed by atoms with Crippen molar-refractivity contribution in [2.24, 2.45) is 0 Å². The summed E-state index contributed by atoms with van der Waals surface area (Å²) >= 11 is 0. The first-order valence-electron chi connectivity index (χ1n) is 9.36. The van der Waals surface area contributed by atoms with Crippen LogP contribution in [-0.2, 0) is 12.8 Å². The first-order valence-corrected chi connectivity index (χ1v) is 9.36. The van der Waals surface area contributed by atoms with Crippen molar-refractivity contribution in [2.45, 2.75) is 33.6 Å². The molecule has 2 heteroatoms. The lowest BCUT2D eigenvalue weighted by molar-refractivity contribution is -0.401. The van der Waals surface area contributed by atoms with E-state index < -0.39 is 0 Å². The number of benzene rings is 2. The maximum absolute atomic E-state index is 2.36. The summed E-state index contributed by atoms with van der Waals surface area (Å²) in [5.74, 6) is 0. The molecule has 0 amide bonds. The molecule has 2 heterocycles. The molecule has 0 fully saturated rings. The van der Waals surface area contributed by atoms with Gasteiger partial charge in [0.1, 0.15) is 7.05 Å². The Morgan fingerprint density at radius 2 is 1.54 bits per heavy atom. The fourth-order valence-corrected chi connectivity index (χ4v) is 4.35. The van der Waals surface area contributed by atoms with Crippen LogP contribution in [0.15, 0.2) is 70.9 Å². The molecule has 0 radical (unpaired) electrons. The largest absolute Gasteiger partial charge is 0.347 e. The van der Waals surface area contributed by atoms with Gasteiger partial charge in [-0.15, -0.1) is 0 Å². The molecule has 4 rings (SSSR count). The Balaban J connectivity index is 1.74. The number of rotatable bonds is 2. The predicted octanol–water partition coefficient (Wildman–Crippen LogP) is 5.26. The summed E-state index contributed by atoms with van der Waals surface area (Å²) in [6.45, 7) is 6.83. The molecule has 26 heavy (non-hydrogen) atoms. The first-order chi connectivity index (χ1) is 12.5. The fourth-order valence-electron chi connectivity index (χ4n) is 4.35. The molecule has 2 nitrogen and oxygen atoms in total. The van der Waals surface area contributed by atoms with Crippen molar-refractivity contribution >= 4 is 17.1 Å². The van der Waals surface area contributed by atoms with E-state index in [-0.39, 0.29) is 0 Å². The third-order valence-corrected chi connectivity index (χ3v) is 6.22. The van der Waals surface area contributed by atoms with Gasteiger partial charge in [-0.2, -0.15) is 4.58 Å². The van der Waals surface area contributed by atoms with Gasteiger partial charge < -0.3 is 4.90 Å². The minimum atomic E-state index is 1.02. The summed E-state index contributed by atoms with van der Waals surface area (Å²) in [5.41, 5.74) is 12.6. The number of allylic oxidation sites excluding steroid dienone is 4. The van der Waals surface area contributed by atoms with Gasteiger partial charge in [-0.3, -0.25) is 0 Å². The van der Waals surface area contributed by atoms with E-state index in [2.05, 4.69) is 92.9 Å². The van der Waals surface area contributed by atoms with Crippen molar-refractivity contribution in [1.82, 2.24) is 0 Å². The number of likely N-dealkylation sites (N-methyl/N-ethyl adjacent to an activating group) is 1. The van der Waals surface area contributed by atoms with E-state index in [1.807, 2.05) is 0 Å². The lowest BCUT2D eigenvalue weighted by atomic mass is 9.95. The topological polar surface area (TPSA) is 6.25 Å². The molecule has 2 aromatic carbocycles. The van der Waals surface area contributed by atoms with Crippen molar-refractivity contribution in [3.63, 3.8) is 0 Å². The standard InChI is InChI=1S/C24H27N2/c1-16(17(2)23-14-19-10-6-8-12-21(19)25(23)4)18(3)24-15-20-11-7-9-13-22(20)26(24)5/h6-13H,14-15H2,1-5H3/q+1. The van der Waals surface area contributed by atoms with E-state index in [1.165, 1.54) is 50.6 Å². The highest BCUT2D eigenvalue weighted by atomic mass is 15.1. The van der Waals surface area contributed by atoms with Crippen LogP contribution in [0.1, 0.15) is 31.9 Å². The SMILES string of the molecule is CC(=C(C)C1=[N+](C)c2ccccc2C1)C(C)=C1Cc2ccccc2N1C. The van der Waals surface area contributed by atoms with Crippen LogP contribution in [0.4, 0.5) is 11.4 Å². The monoisotopic (exact) mass is 343 g/mol. The minimum absolute atomic E-state index is 1.02. The van der Waals surface area contributed by atoms with Crippen LogP contribution in [0.2, 0.25) is 0 Å². The highest BCUT2D eigenvalue weighted by Crippen LogP contribution is 2.37. The molecular weight excluding hydrogens is 316 g/mol. The molecule has 2 aromatic rings. The fraction of sp³-hybridized carbons (Fsp3) is 0.292. The zero-order valence-electron chi connectivity index (χ0n) is 16.4. The second kappa shape index (κ2) is 6.28. The third-order valence-electron chi connectivity index (χ3n) is 6.22. The van der Waals surface area contributed by atoms with E-state index in [9.17, 15) is 0 Å².